The van der Waals surface area contributed by atoms with Gasteiger partial charge in [0.1, 0.15) is 0 Å². The highest BCUT2D eigenvalue weighted by Crippen LogP contribution is 2.21. The fourth-order valence-corrected chi connectivity index (χ4v) is 3.72. The molecule has 8 nitrogen and oxygen atoms in total. The summed E-state index contributed by atoms with van der Waals surface area (Å²) >= 11 is 0. The van der Waals surface area contributed by atoms with Gasteiger partial charge in [-0.05, 0) is 37.0 Å². The molecular weight excluding hydrogens is 354 g/mol. The molecule has 1 aromatic carbocycles. The normalized spacial score (nSPS) is 17.7. The lowest BCUT2D eigenvalue weighted by molar-refractivity contribution is 0.170. The number of urea groups is 1. The molecule has 26 heavy (non-hydrogen) atoms. The number of sulfonamides is 1. The molecule has 2 heterocycles. The van der Waals surface area contributed by atoms with Gasteiger partial charge in [-0.2, -0.15) is 0 Å². The molecule has 1 atom stereocenters. The molecule has 1 fully saturated rings. The van der Waals surface area contributed by atoms with Crippen LogP contribution in [0, 0.1) is 5.92 Å². The number of anilines is 2. The highest BCUT2D eigenvalue weighted by atomic mass is 32.2. The summed E-state index contributed by atoms with van der Waals surface area (Å²) < 4.78 is 27.1. The lowest BCUT2D eigenvalue weighted by Crippen LogP contribution is -2.43. The molecule has 0 spiro atoms. The lowest BCUT2D eigenvalue weighted by Gasteiger charge is -2.33. The highest BCUT2D eigenvalue weighted by molar-refractivity contribution is 7.92. The van der Waals surface area contributed by atoms with Crippen molar-refractivity contribution in [1.29, 1.82) is 0 Å². The van der Waals surface area contributed by atoms with Gasteiger partial charge >= 0.3 is 6.03 Å². The first kappa shape index (κ1) is 18.2. The summed E-state index contributed by atoms with van der Waals surface area (Å²) in [6.07, 6.45) is 8.61. The molecule has 140 valence electrons. The summed E-state index contributed by atoms with van der Waals surface area (Å²) in [6.45, 7) is 2.25. The predicted molar refractivity (Wildman–Crippen MR) is 100 cm³/mol. The fourth-order valence-electron chi connectivity index (χ4n) is 3.17. The van der Waals surface area contributed by atoms with Gasteiger partial charge in [0.15, 0.2) is 0 Å². The average molecular weight is 377 g/mol. The number of aromatic nitrogens is 2. The van der Waals surface area contributed by atoms with Crippen LogP contribution in [-0.4, -0.2) is 48.2 Å². The quantitative estimate of drug-likeness (QED) is 0.835. The van der Waals surface area contributed by atoms with Crippen LogP contribution < -0.4 is 10.0 Å². The molecule has 1 aliphatic rings. The van der Waals surface area contributed by atoms with E-state index in [1.807, 2.05) is 15.7 Å². The Hall–Kier alpha value is -2.55. The van der Waals surface area contributed by atoms with Crippen molar-refractivity contribution in [2.24, 2.45) is 5.92 Å². The number of imidazole rings is 1. The van der Waals surface area contributed by atoms with E-state index in [9.17, 15) is 13.2 Å². The van der Waals surface area contributed by atoms with Crippen molar-refractivity contribution in [3.8, 4) is 0 Å². The predicted octanol–water partition coefficient (Wildman–Crippen LogP) is 2.20. The number of amides is 2. The molecule has 0 aliphatic carbocycles. The van der Waals surface area contributed by atoms with E-state index in [4.69, 9.17) is 0 Å². The Morgan fingerprint density at radius 1 is 1.35 bits per heavy atom. The molecule has 0 radical (unpaired) electrons. The molecule has 0 bridgehead atoms. The number of likely N-dealkylation sites (tertiary alicyclic amines) is 1. The van der Waals surface area contributed by atoms with E-state index in [-0.39, 0.29) is 6.03 Å². The van der Waals surface area contributed by atoms with Crippen molar-refractivity contribution in [3.05, 3.63) is 43.0 Å². The van der Waals surface area contributed by atoms with Crippen LogP contribution in [0.2, 0.25) is 0 Å². The Morgan fingerprint density at radius 3 is 2.88 bits per heavy atom. The second-order valence-corrected chi connectivity index (χ2v) is 8.35. The van der Waals surface area contributed by atoms with Crippen molar-refractivity contribution >= 4 is 27.4 Å². The van der Waals surface area contributed by atoms with Gasteiger partial charge in [0.2, 0.25) is 10.0 Å². The third-order valence-electron chi connectivity index (χ3n) is 4.25. The van der Waals surface area contributed by atoms with Crippen LogP contribution in [0.25, 0.3) is 0 Å². The van der Waals surface area contributed by atoms with Gasteiger partial charge in [-0.25, -0.2) is 18.2 Å². The molecule has 2 aromatic rings. The second-order valence-electron chi connectivity index (χ2n) is 6.60. The zero-order valence-electron chi connectivity index (χ0n) is 14.6. The van der Waals surface area contributed by atoms with Crippen LogP contribution in [0.4, 0.5) is 16.2 Å². The van der Waals surface area contributed by atoms with Crippen molar-refractivity contribution in [2.45, 2.75) is 19.4 Å². The zero-order chi connectivity index (χ0) is 18.6. The number of carbonyl (C=O) groups is 1. The largest absolute Gasteiger partial charge is 0.337 e. The summed E-state index contributed by atoms with van der Waals surface area (Å²) in [6, 6.07) is 6.50. The molecule has 3 rings (SSSR count). The van der Waals surface area contributed by atoms with Gasteiger partial charge < -0.3 is 14.8 Å². The summed E-state index contributed by atoms with van der Waals surface area (Å²) in [5, 5.41) is 2.85. The van der Waals surface area contributed by atoms with Crippen LogP contribution in [0.5, 0.6) is 0 Å². The summed E-state index contributed by atoms with van der Waals surface area (Å²) in [5.74, 6) is 0.391. The van der Waals surface area contributed by atoms with E-state index in [1.54, 1.807) is 36.8 Å². The molecule has 1 aromatic heterocycles. The van der Waals surface area contributed by atoms with E-state index in [0.29, 0.717) is 30.4 Å². The standard InChI is InChI=1S/C17H23N5O3S/c1-26(24,25)20-16-6-2-5-15(10-16)19-17(23)22-8-3-4-14(12-22)11-21-9-7-18-13-21/h2,5-7,9-10,13-14,20H,3-4,8,11-12H2,1H3,(H,19,23)/t14-/m0/s1. The monoisotopic (exact) mass is 377 g/mol. The van der Waals surface area contributed by atoms with E-state index in [1.165, 1.54) is 0 Å². The Morgan fingerprint density at radius 2 is 2.15 bits per heavy atom. The maximum absolute atomic E-state index is 12.6. The smallest absolute Gasteiger partial charge is 0.321 e. The number of piperidine rings is 1. The number of benzene rings is 1. The Balaban J connectivity index is 1.59. The minimum Gasteiger partial charge on any atom is -0.337 e. The Bertz CT molecular complexity index is 851. The third kappa shape index (κ3) is 5.22. The van der Waals surface area contributed by atoms with Crippen LogP contribution in [0.1, 0.15) is 12.8 Å². The first-order valence-electron chi connectivity index (χ1n) is 8.48. The molecule has 0 saturated carbocycles. The maximum Gasteiger partial charge on any atom is 0.321 e. The molecule has 9 heteroatoms. The first-order valence-corrected chi connectivity index (χ1v) is 10.4. The summed E-state index contributed by atoms with van der Waals surface area (Å²) in [7, 11) is -3.36. The number of rotatable bonds is 5. The van der Waals surface area contributed by atoms with Crippen LogP contribution in [0.3, 0.4) is 0 Å². The number of carbonyl (C=O) groups excluding carboxylic acids is 1. The topological polar surface area (TPSA) is 96.3 Å². The number of nitrogens with one attached hydrogen (secondary N) is 2. The van der Waals surface area contributed by atoms with Gasteiger partial charge in [0, 0.05) is 37.7 Å². The van der Waals surface area contributed by atoms with E-state index < -0.39 is 10.0 Å². The first-order chi connectivity index (χ1) is 12.4. The SMILES string of the molecule is CS(=O)(=O)Nc1cccc(NC(=O)N2CCC[C@@H](Cn3ccnc3)C2)c1. The van der Waals surface area contributed by atoms with Crippen LogP contribution >= 0.6 is 0 Å². The Kier molecular flexibility index (Phi) is 5.46. The van der Waals surface area contributed by atoms with Crippen molar-refractivity contribution < 1.29 is 13.2 Å². The molecule has 1 aliphatic heterocycles. The average Bonchev–Trinajstić information content (AvgIpc) is 3.07. The highest BCUT2D eigenvalue weighted by Gasteiger charge is 2.24. The summed E-state index contributed by atoms with van der Waals surface area (Å²) in [5.41, 5.74) is 0.974. The van der Waals surface area contributed by atoms with Crippen molar-refractivity contribution in [1.82, 2.24) is 14.5 Å². The van der Waals surface area contributed by atoms with Crippen molar-refractivity contribution in [3.63, 3.8) is 0 Å². The van der Waals surface area contributed by atoms with Gasteiger partial charge in [-0.1, -0.05) is 6.07 Å². The van der Waals surface area contributed by atoms with Gasteiger partial charge in [-0.3, -0.25) is 4.72 Å². The third-order valence-corrected chi connectivity index (χ3v) is 4.86. The summed E-state index contributed by atoms with van der Waals surface area (Å²) in [4.78, 5) is 18.4. The molecule has 1 saturated heterocycles. The van der Waals surface area contributed by atoms with E-state index >= 15 is 0 Å². The van der Waals surface area contributed by atoms with E-state index in [0.717, 1.165) is 25.6 Å². The second kappa shape index (κ2) is 7.77. The number of nitrogens with zero attached hydrogens (tertiary/aromatic N) is 3. The van der Waals surface area contributed by atoms with Crippen LogP contribution in [-0.2, 0) is 16.6 Å². The van der Waals surface area contributed by atoms with Crippen molar-refractivity contribution in [2.75, 3.05) is 29.4 Å². The van der Waals surface area contributed by atoms with Gasteiger partial charge in [-0.15, -0.1) is 0 Å². The number of hydrogen-bond donors (Lipinski definition) is 2. The number of hydrogen-bond acceptors (Lipinski definition) is 4. The minimum absolute atomic E-state index is 0.170. The minimum atomic E-state index is -3.36. The lowest BCUT2D eigenvalue weighted by atomic mass is 9.98. The maximum atomic E-state index is 12.6. The zero-order valence-corrected chi connectivity index (χ0v) is 15.4. The van der Waals surface area contributed by atoms with Crippen LogP contribution in [0.15, 0.2) is 43.0 Å². The Labute approximate surface area is 153 Å². The fraction of sp³-hybridized carbons (Fsp3) is 0.412. The molecule has 2 N–H and O–H groups in total. The van der Waals surface area contributed by atoms with Gasteiger partial charge in [0.25, 0.3) is 0 Å². The molecule has 2 amide bonds. The molecule has 0 unspecified atom stereocenters. The van der Waals surface area contributed by atoms with E-state index in [2.05, 4.69) is 15.0 Å². The van der Waals surface area contributed by atoms with Gasteiger partial charge in [0.05, 0.1) is 18.3 Å². The molecular formula is C17H23N5O3S.